The maximum atomic E-state index is 9.34. The van der Waals surface area contributed by atoms with Gasteiger partial charge in [0, 0.05) is 26.0 Å². The van der Waals surface area contributed by atoms with Crippen molar-refractivity contribution in [3.63, 3.8) is 0 Å². The van der Waals surface area contributed by atoms with Crippen LogP contribution in [0.25, 0.3) is 88.4 Å². The number of rotatable bonds is 2. The van der Waals surface area contributed by atoms with E-state index in [0.29, 0.717) is 16.6 Å². The molecule has 84 heavy (non-hydrogen) atoms. The van der Waals surface area contributed by atoms with Crippen molar-refractivity contribution < 1.29 is 10.0 Å². The fourth-order valence-electron chi connectivity index (χ4n) is 14.7. The first kappa shape index (κ1) is 49.5. The Balaban J connectivity index is 0.000000118. The van der Waals surface area contributed by atoms with Gasteiger partial charge in [0.15, 0.2) is 0 Å². The van der Waals surface area contributed by atoms with Crippen molar-refractivity contribution in [2.45, 2.75) is 10.8 Å². The lowest BCUT2D eigenvalue weighted by molar-refractivity contribution is 0.426. The zero-order valence-corrected chi connectivity index (χ0v) is 46.6. The van der Waals surface area contributed by atoms with Crippen LogP contribution in [-0.4, -0.2) is 26.3 Å². The molecular weight excluding hydrogens is 1090 g/mol. The van der Waals surface area contributed by atoms with Crippen LogP contribution in [0.5, 0.6) is 0 Å². The number of para-hydroxylation sites is 6. The third kappa shape index (κ3) is 6.79. The van der Waals surface area contributed by atoms with Crippen LogP contribution in [-0.2, 0) is 10.8 Å². The Morgan fingerprint density at radius 2 is 0.738 bits per heavy atom. The molecule has 392 valence electrons. The molecule has 14 aromatic rings. The average molecular weight is 1140 g/mol. The fourth-order valence-corrected chi connectivity index (χ4v) is 15.1. The van der Waals surface area contributed by atoms with Crippen LogP contribution < -0.4 is 5.46 Å². The van der Waals surface area contributed by atoms with Gasteiger partial charge < -0.3 is 19.2 Å². The summed E-state index contributed by atoms with van der Waals surface area (Å²) in [4.78, 5) is 0. The van der Waals surface area contributed by atoms with E-state index in [4.69, 9.17) is 15.3 Å². The molecular formula is C76H46BBrN4O2. The predicted octanol–water partition coefficient (Wildman–Crippen LogP) is 16.5. The lowest BCUT2D eigenvalue weighted by atomic mass is 9.65. The van der Waals surface area contributed by atoms with Crippen molar-refractivity contribution in [3.8, 4) is 56.9 Å². The molecule has 18 rings (SSSR count). The van der Waals surface area contributed by atoms with Crippen molar-refractivity contribution >= 4 is 72.1 Å². The largest absolute Gasteiger partial charge is 0.488 e. The normalized spacial score (nSPS) is 15.6. The van der Waals surface area contributed by atoms with E-state index in [-0.39, 0.29) is 5.41 Å². The number of fused-ring (bicyclic) bond motifs is 24. The van der Waals surface area contributed by atoms with E-state index in [1.807, 2.05) is 18.2 Å². The first-order valence-corrected chi connectivity index (χ1v) is 28.9. The molecule has 2 N–H and O–H groups in total. The summed E-state index contributed by atoms with van der Waals surface area (Å²) in [6.45, 7) is 0. The van der Waals surface area contributed by atoms with Gasteiger partial charge >= 0.3 is 7.12 Å². The quantitative estimate of drug-likeness (QED) is 0.169. The van der Waals surface area contributed by atoms with Crippen molar-refractivity contribution in [1.29, 1.82) is 10.5 Å². The summed E-state index contributed by atoms with van der Waals surface area (Å²) in [6.07, 6.45) is 0. The van der Waals surface area contributed by atoms with Gasteiger partial charge in [-0.05, 0) is 150 Å². The van der Waals surface area contributed by atoms with Crippen LogP contribution >= 0.6 is 15.9 Å². The summed E-state index contributed by atoms with van der Waals surface area (Å²) in [5.41, 5.74) is 26.6. The molecule has 4 heterocycles. The van der Waals surface area contributed by atoms with Gasteiger partial charge in [-0.1, -0.05) is 216 Å². The third-order valence-electron chi connectivity index (χ3n) is 18.0. The SMILES string of the molecule is Brc1ccc2c(c1)C1(c3ccccc3-2)c2ccccc2-n2c3ccccc3c3cccc1c32.N#Cc1ccc(-c2ccc3c(c2)C2(c4ccccc4-3)c3ccccc3-n3c4ccccc4c4cccc2c43)cc1.N#Cc1ccc(B(O)O)cc1. The lowest BCUT2D eigenvalue weighted by Crippen LogP contribution is -2.33. The van der Waals surface area contributed by atoms with E-state index in [1.54, 1.807) is 0 Å². The minimum atomic E-state index is -1.46. The molecule has 2 unspecified atom stereocenters. The molecule has 2 aliphatic carbocycles. The monoisotopic (exact) mass is 1140 g/mol. The Morgan fingerprint density at radius 3 is 1.25 bits per heavy atom. The highest BCUT2D eigenvalue weighted by Gasteiger charge is 2.52. The van der Waals surface area contributed by atoms with E-state index in [2.05, 4.69) is 262 Å². The Kier molecular flexibility index (Phi) is 11.1. The topological polar surface area (TPSA) is 97.9 Å². The fraction of sp³-hybridized carbons (Fsp3) is 0.0263. The van der Waals surface area contributed by atoms with Crippen molar-refractivity contribution in [1.82, 2.24) is 9.13 Å². The smallest absolute Gasteiger partial charge is 0.423 e. The van der Waals surface area contributed by atoms with Crippen LogP contribution in [0, 0.1) is 22.7 Å². The van der Waals surface area contributed by atoms with Gasteiger partial charge in [-0.25, -0.2) is 0 Å². The summed E-state index contributed by atoms with van der Waals surface area (Å²) in [7, 11) is -1.46. The second-order valence-electron chi connectivity index (χ2n) is 22.0. The summed E-state index contributed by atoms with van der Waals surface area (Å²) in [5, 5.41) is 40.2. The standard InChI is InChI=1S/C38H22N2.C31H18BrN.C7H6BNO2/c39-23-24-16-18-25(19-17-24)26-20-21-28-27-8-1-3-11-31(27)38(34(28)22-26)32-12-4-6-15-36(32)40-35-14-5-2-9-29(35)30-10-7-13-33(38)37(30)40;32-19-16-17-21-20-8-1-3-11-24(20)31(27(21)18-19)25-12-4-6-15-29(25)33-28-14-5-2-9-22(28)23-10-7-13-26(31)30(23)33;9-5-6-1-3-7(4-2-6)8(10)11/h1-22H;1-18H;1-4,10-11H. The Morgan fingerprint density at radius 1 is 0.345 bits per heavy atom. The molecule has 12 aromatic carbocycles. The van der Waals surface area contributed by atoms with Gasteiger partial charge in [-0.15, -0.1) is 0 Å². The summed E-state index contributed by atoms with van der Waals surface area (Å²) in [6, 6.07) is 99.0. The minimum Gasteiger partial charge on any atom is -0.423 e. The zero-order chi connectivity index (χ0) is 56.4. The number of hydrogen-bond donors (Lipinski definition) is 2. The maximum Gasteiger partial charge on any atom is 0.488 e. The molecule has 8 heteroatoms. The Bertz CT molecular complexity index is 5180. The second kappa shape index (κ2) is 18.9. The van der Waals surface area contributed by atoms with Crippen LogP contribution in [0.2, 0.25) is 0 Å². The van der Waals surface area contributed by atoms with Crippen LogP contribution in [0.1, 0.15) is 55.6 Å². The summed E-state index contributed by atoms with van der Waals surface area (Å²) in [5.74, 6) is 0. The van der Waals surface area contributed by atoms with Gasteiger partial charge in [0.25, 0.3) is 0 Å². The number of halogens is 1. The van der Waals surface area contributed by atoms with Crippen molar-refractivity contribution in [2.24, 2.45) is 0 Å². The minimum absolute atomic E-state index is 0.351. The number of benzene rings is 12. The molecule has 0 saturated carbocycles. The van der Waals surface area contributed by atoms with E-state index in [1.165, 1.54) is 146 Å². The highest BCUT2D eigenvalue weighted by atomic mass is 79.9. The first-order valence-electron chi connectivity index (χ1n) is 28.1. The van der Waals surface area contributed by atoms with Crippen LogP contribution in [0.4, 0.5) is 0 Å². The van der Waals surface area contributed by atoms with Gasteiger partial charge in [0.05, 0.1) is 67.5 Å². The van der Waals surface area contributed by atoms with E-state index in [0.717, 1.165) is 15.6 Å². The molecule has 2 atom stereocenters. The van der Waals surface area contributed by atoms with Gasteiger partial charge in [0.2, 0.25) is 0 Å². The maximum absolute atomic E-state index is 9.34. The first-order chi connectivity index (χ1) is 41.3. The highest BCUT2D eigenvalue weighted by Crippen LogP contribution is 2.63. The van der Waals surface area contributed by atoms with Gasteiger partial charge in [-0.2, -0.15) is 10.5 Å². The lowest BCUT2D eigenvalue weighted by Gasteiger charge is -2.39. The van der Waals surface area contributed by atoms with Gasteiger partial charge in [-0.3, -0.25) is 0 Å². The summed E-state index contributed by atoms with van der Waals surface area (Å²) >= 11 is 3.79. The zero-order valence-electron chi connectivity index (χ0n) is 45.0. The molecule has 0 saturated heterocycles. The molecule has 2 spiro atoms. The van der Waals surface area contributed by atoms with Crippen molar-refractivity contribution in [2.75, 3.05) is 0 Å². The van der Waals surface area contributed by atoms with E-state index >= 15 is 0 Å². The molecule has 6 nitrogen and oxygen atoms in total. The molecule has 0 radical (unpaired) electrons. The third-order valence-corrected chi connectivity index (χ3v) is 18.5. The van der Waals surface area contributed by atoms with Crippen LogP contribution in [0.15, 0.2) is 271 Å². The number of nitriles is 2. The van der Waals surface area contributed by atoms with Crippen LogP contribution in [0.3, 0.4) is 0 Å². The van der Waals surface area contributed by atoms with E-state index < -0.39 is 12.5 Å². The summed E-state index contributed by atoms with van der Waals surface area (Å²) < 4.78 is 6.08. The molecule has 4 aliphatic rings. The highest BCUT2D eigenvalue weighted by molar-refractivity contribution is 9.10. The average Bonchev–Trinajstić information content (AvgIpc) is 1.51. The molecule has 0 fully saturated rings. The van der Waals surface area contributed by atoms with Crippen molar-refractivity contribution in [3.05, 3.63) is 327 Å². The Hall–Kier alpha value is -10.3. The van der Waals surface area contributed by atoms with Gasteiger partial charge in [0.1, 0.15) is 0 Å². The predicted molar refractivity (Wildman–Crippen MR) is 342 cm³/mol. The second-order valence-corrected chi connectivity index (χ2v) is 22.9. The number of nitrogens with zero attached hydrogens (tertiary/aromatic N) is 4. The molecule has 0 amide bonds. The van der Waals surface area contributed by atoms with E-state index in [9.17, 15) is 5.26 Å². The number of aromatic nitrogens is 2. The molecule has 0 bridgehead atoms. The Labute approximate surface area is 493 Å². The molecule has 2 aliphatic heterocycles. The number of hydrogen-bond acceptors (Lipinski definition) is 4. The molecule has 2 aromatic heterocycles.